The lowest BCUT2D eigenvalue weighted by molar-refractivity contribution is -0.116. The van der Waals surface area contributed by atoms with E-state index in [1.165, 1.54) is 11.8 Å². The molecule has 0 radical (unpaired) electrons. The first-order valence-electron chi connectivity index (χ1n) is 11.1. The Labute approximate surface area is 203 Å². The number of carbonyl (C=O) groups is 1. The molecule has 0 aliphatic carbocycles. The van der Waals surface area contributed by atoms with Gasteiger partial charge in [0.1, 0.15) is 5.75 Å². The molecule has 1 heterocycles. The number of thioether (sulfide) groups is 1. The van der Waals surface area contributed by atoms with Gasteiger partial charge in [-0.05, 0) is 55.7 Å². The fourth-order valence-electron chi connectivity index (χ4n) is 3.85. The largest absolute Gasteiger partial charge is 0.495 e. The minimum absolute atomic E-state index is 0.0217. The Morgan fingerprint density at radius 1 is 1.00 bits per heavy atom. The summed E-state index contributed by atoms with van der Waals surface area (Å²) in [6.07, 6.45) is 1.03. The van der Waals surface area contributed by atoms with Crippen LogP contribution in [0.1, 0.15) is 24.0 Å². The van der Waals surface area contributed by atoms with Gasteiger partial charge in [-0.1, -0.05) is 54.2 Å². The summed E-state index contributed by atoms with van der Waals surface area (Å²) in [6.45, 7) is 3.97. The Morgan fingerprint density at radius 3 is 2.47 bits per heavy atom. The van der Waals surface area contributed by atoms with E-state index in [4.69, 9.17) is 9.72 Å². The SMILES string of the molecule is COc1ccccc1-n1c(SCCCC(=O)Nc2c(C)cccc2C)nc2ccccc2c1=O. The molecule has 1 N–H and O–H groups in total. The van der Waals surface area contributed by atoms with E-state index in [-0.39, 0.29) is 11.5 Å². The van der Waals surface area contributed by atoms with Gasteiger partial charge in [0.15, 0.2) is 5.16 Å². The van der Waals surface area contributed by atoms with Crippen LogP contribution in [0.5, 0.6) is 5.75 Å². The van der Waals surface area contributed by atoms with Crippen LogP contribution in [0.15, 0.2) is 76.7 Å². The number of hydrogen-bond acceptors (Lipinski definition) is 5. The van der Waals surface area contributed by atoms with Crippen LogP contribution in [0.2, 0.25) is 0 Å². The van der Waals surface area contributed by atoms with Gasteiger partial charge in [-0.2, -0.15) is 0 Å². The van der Waals surface area contributed by atoms with Crippen molar-refractivity contribution in [1.29, 1.82) is 0 Å². The Balaban J connectivity index is 1.54. The van der Waals surface area contributed by atoms with E-state index in [0.29, 0.717) is 46.1 Å². The predicted octanol–water partition coefficient (Wildman–Crippen LogP) is 5.52. The first-order valence-corrected chi connectivity index (χ1v) is 12.1. The van der Waals surface area contributed by atoms with Crippen LogP contribution < -0.4 is 15.6 Å². The molecule has 0 saturated heterocycles. The lowest BCUT2D eigenvalue weighted by Crippen LogP contribution is -2.22. The van der Waals surface area contributed by atoms with Crippen molar-refractivity contribution in [2.24, 2.45) is 0 Å². The molecule has 0 saturated carbocycles. The molecule has 0 spiro atoms. The van der Waals surface area contributed by atoms with Gasteiger partial charge in [-0.25, -0.2) is 4.98 Å². The van der Waals surface area contributed by atoms with Gasteiger partial charge < -0.3 is 10.1 Å². The third-order valence-corrected chi connectivity index (χ3v) is 6.62. The molecule has 4 aromatic rings. The molecule has 0 unspecified atom stereocenters. The van der Waals surface area contributed by atoms with Gasteiger partial charge in [0.2, 0.25) is 5.91 Å². The number of benzene rings is 3. The number of methoxy groups -OCH3 is 1. The Bertz CT molecular complexity index is 1380. The first kappa shape index (κ1) is 23.6. The van der Waals surface area contributed by atoms with Crippen molar-refractivity contribution in [3.63, 3.8) is 0 Å². The first-order chi connectivity index (χ1) is 16.5. The van der Waals surface area contributed by atoms with Crippen LogP contribution in [0.4, 0.5) is 5.69 Å². The number of nitrogens with one attached hydrogen (secondary N) is 1. The average molecular weight is 474 g/mol. The van der Waals surface area contributed by atoms with Crippen molar-refractivity contribution in [2.45, 2.75) is 31.8 Å². The monoisotopic (exact) mass is 473 g/mol. The predicted molar refractivity (Wildman–Crippen MR) is 138 cm³/mol. The summed E-state index contributed by atoms with van der Waals surface area (Å²) in [4.78, 5) is 30.7. The molecule has 0 aliphatic rings. The van der Waals surface area contributed by atoms with E-state index >= 15 is 0 Å². The molecule has 6 nitrogen and oxygen atoms in total. The van der Waals surface area contributed by atoms with Crippen molar-refractivity contribution >= 4 is 34.3 Å². The topological polar surface area (TPSA) is 73.2 Å². The third-order valence-electron chi connectivity index (χ3n) is 5.60. The zero-order chi connectivity index (χ0) is 24.1. The standard InChI is InChI=1S/C27H27N3O3S/c1-18-10-8-11-19(2)25(18)29-24(31)16-9-17-34-27-28-21-13-5-4-12-20(21)26(32)30(27)22-14-6-7-15-23(22)33-3/h4-8,10-15H,9,16-17H2,1-3H3,(H,29,31). The van der Waals surface area contributed by atoms with Crippen LogP contribution in [-0.4, -0.2) is 28.3 Å². The molecule has 0 bridgehead atoms. The molecule has 34 heavy (non-hydrogen) atoms. The van der Waals surface area contributed by atoms with E-state index < -0.39 is 0 Å². The highest BCUT2D eigenvalue weighted by molar-refractivity contribution is 7.99. The Kier molecular flexibility index (Phi) is 7.33. The highest BCUT2D eigenvalue weighted by atomic mass is 32.2. The average Bonchev–Trinajstić information content (AvgIpc) is 2.84. The van der Waals surface area contributed by atoms with Gasteiger partial charge in [-0.15, -0.1) is 0 Å². The molecule has 0 fully saturated rings. The molecule has 0 aliphatic heterocycles. The summed E-state index contributed by atoms with van der Waals surface area (Å²) in [7, 11) is 1.58. The van der Waals surface area contributed by atoms with Crippen LogP contribution in [0.25, 0.3) is 16.6 Å². The summed E-state index contributed by atoms with van der Waals surface area (Å²) in [5.74, 6) is 1.21. The van der Waals surface area contributed by atoms with E-state index in [2.05, 4.69) is 5.32 Å². The number of fused-ring (bicyclic) bond motifs is 1. The molecule has 1 amide bonds. The van der Waals surface area contributed by atoms with Crippen molar-refractivity contribution in [1.82, 2.24) is 9.55 Å². The molecular formula is C27H27N3O3S. The van der Waals surface area contributed by atoms with Crippen LogP contribution in [0.3, 0.4) is 0 Å². The van der Waals surface area contributed by atoms with E-state index in [1.807, 2.05) is 74.5 Å². The highest BCUT2D eigenvalue weighted by Gasteiger charge is 2.16. The fourth-order valence-corrected chi connectivity index (χ4v) is 4.79. The fraction of sp³-hybridized carbons (Fsp3) is 0.222. The maximum atomic E-state index is 13.4. The minimum atomic E-state index is -0.148. The zero-order valence-corrected chi connectivity index (χ0v) is 20.3. The lowest BCUT2D eigenvalue weighted by Gasteiger charge is -2.15. The summed E-state index contributed by atoms with van der Waals surface area (Å²) < 4.78 is 7.10. The van der Waals surface area contributed by atoms with Crippen LogP contribution in [-0.2, 0) is 4.79 Å². The van der Waals surface area contributed by atoms with Crippen molar-refractivity contribution in [3.8, 4) is 11.4 Å². The van der Waals surface area contributed by atoms with E-state index in [9.17, 15) is 9.59 Å². The summed E-state index contributed by atoms with van der Waals surface area (Å²) in [5, 5.41) is 4.15. The normalized spacial score (nSPS) is 10.9. The molecule has 3 aromatic carbocycles. The van der Waals surface area contributed by atoms with Gasteiger partial charge in [0.25, 0.3) is 5.56 Å². The summed E-state index contributed by atoms with van der Waals surface area (Å²) in [6, 6.07) is 20.7. The number of hydrogen-bond donors (Lipinski definition) is 1. The third kappa shape index (κ3) is 4.99. The van der Waals surface area contributed by atoms with Gasteiger partial charge >= 0.3 is 0 Å². The second kappa shape index (κ2) is 10.6. The number of amides is 1. The molecule has 7 heteroatoms. The Hall–Kier alpha value is -3.58. The quantitative estimate of drug-likeness (QED) is 0.207. The second-order valence-corrected chi connectivity index (χ2v) is 9.05. The molecular weight excluding hydrogens is 446 g/mol. The maximum Gasteiger partial charge on any atom is 0.266 e. The number of carbonyl (C=O) groups excluding carboxylic acids is 1. The van der Waals surface area contributed by atoms with E-state index in [0.717, 1.165) is 16.8 Å². The van der Waals surface area contributed by atoms with Crippen LogP contribution in [0, 0.1) is 13.8 Å². The minimum Gasteiger partial charge on any atom is -0.495 e. The molecule has 4 rings (SSSR count). The second-order valence-electron chi connectivity index (χ2n) is 7.99. The number of nitrogens with zero attached hydrogens (tertiary/aromatic N) is 2. The van der Waals surface area contributed by atoms with Crippen LogP contribution >= 0.6 is 11.8 Å². The number of ether oxygens (including phenoxy) is 1. The van der Waals surface area contributed by atoms with Gasteiger partial charge in [-0.3, -0.25) is 14.2 Å². The number of aromatic nitrogens is 2. The highest BCUT2D eigenvalue weighted by Crippen LogP contribution is 2.27. The van der Waals surface area contributed by atoms with Crippen molar-refractivity contribution in [2.75, 3.05) is 18.2 Å². The molecule has 0 atom stereocenters. The number of aryl methyl sites for hydroxylation is 2. The smallest absolute Gasteiger partial charge is 0.266 e. The maximum absolute atomic E-state index is 13.4. The number of rotatable bonds is 8. The van der Waals surface area contributed by atoms with Gasteiger partial charge in [0.05, 0.1) is 23.7 Å². The zero-order valence-electron chi connectivity index (χ0n) is 19.5. The Morgan fingerprint density at radius 2 is 1.71 bits per heavy atom. The number of para-hydroxylation sites is 4. The molecule has 174 valence electrons. The molecule has 1 aromatic heterocycles. The summed E-state index contributed by atoms with van der Waals surface area (Å²) >= 11 is 1.46. The number of anilines is 1. The van der Waals surface area contributed by atoms with E-state index in [1.54, 1.807) is 17.7 Å². The summed E-state index contributed by atoms with van der Waals surface area (Å²) in [5.41, 5.74) is 4.11. The van der Waals surface area contributed by atoms with Gasteiger partial charge in [0, 0.05) is 17.9 Å². The van der Waals surface area contributed by atoms with Crippen molar-refractivity contribution < 1.29 is 9.53 Å². The lowest BCUT2D eigenvalue weighted by atomic mass is 10.1. The van der Waals surface area contributed by atoms with Crippen molar-refractivity contribution in [3.05, 3.63) is 88.2 Å².